The molecule has 5 rings (SSSR count). The van der Waals surface area contributed by atoms with Crippen LogP contribution >= 0.6 is 15.6 Å². The number of phenolic OH excluding ortho intramolecular Hbond substituents is 1. The van der Waals surface area contributed by atoms with Gasteiger partial charge in [0.15, 0.2) is 17.9 Å². The van der Waals surface area contributed by atoms with Gasteiger partial charge in [0.25, 0.3) is 0 Å². The highest BCUT2D eigenvalue weighted by molar-refractivity contribution is 7.46. The van der Waals surface area contributed by atoms with Gasteiger partial charge in [-0.2, -0.15) is 0 Å². The Hall–Kier alpha value is -13.8. The fourth-order valence-corrected chi connectivity index (χ4v) is 16.6. The number of guanidine groups is 3. The van der Waals surface area contributed by atoms with Gasteiger partial charge >= 0.3 is 21.6 Å². The van der Waals surface area contributed by atoms with Gasteiger partial charge in [-0.3, -0.25) is 116 Å². The van der Waals surface area contributed by atoms with E-state index in [0.29, 0.717) is 5.56 Å². The number of nitrogens with two attached hydrogens (primary N) is 4. The van der Waals surface area contributed by atoms with Crippen LogP contribution in [-0.2, 0) is 120 Å². The molecule has 0 saturated carbocycles. The van der Waals surface area contributed by atoms with E-state index >= 15 is 0 Å². The molecule has 4 fully saturated rings. The van der Waals surface area contributed by atoms with Gasteiger partial charge in [-0.15, -0.1) is 0 Å². The van der Waals surface area contributed by atoms with E-state index in [9.17, 15) is 165 Å². The molecule has 4 aliphatic rings. The number of nitrogens with one attached hydrogen (secondary N) is 21. The van der Waals surface area contributed by atoms with Gasteiger partial charge in [0.2, 0.25) is 112 Å². The maximum atomic E-state index is 14.5. The van der Waals surface area contributed by atoms with Crippen LogP contribution in [0.1, 0.15) is 109 Å². The first-order valence-corrected chi connectivity index (χ1v) is 49.5. The predicted octanol–water partition coefficient (Wildman–Crippen LogP) is -18.2. The number of nitrogens with zero attached hydrogens (tertiary/aromatic N) is 4. The number of carbonyl (C=O) groups is 20. The first-order valence-electron chi connectivity index (χ1n) is 46.5. The number of phosphoric acid groups is 2. The maximum Gasteiger partial charge on any atom is 0.469 e. The first-order chi connectivity index (χ1) is 69.7. The molecule has 4 heterocycles. The number of hydrogen-bond acceptors (Lipinski definition) is 35. The highest BCUT2D eigenvalue weighted by Gasteiger charge is 2.47. The number of aromatic hydroxyl groups is 1. The summed E-state index contributed by atoms with van der Waals surface area (Å²) in [5.41, 5.74) is 22.2. The second kappa shape index (κ2) is 61.1. The molecule has 0 unspecified atom stereocenters. The molecule has 0 radical (unpaired) electrons. The quantitative estimate of drug-likeness (QED) is 0.0125. The zero-order valence-electron chi connectivity index (χ0n) is 80.5. The molecule has 18 atom stereocenters. The maximum absolute atomic E-state index is 14.5. The number of carboxylic acid groups (broad SMARTS) is 1. The lowest BCUT2D eigenvalue weighted by Crippen LogP contribution is -2.61. The van der Waals surface area contributed by atoms with Crippen LogP contribution in [0.3, 0.4) is 0 Å². The average molecular weight is 2150 g/mol. The molecule has 828 valence electrons. The van der Waals surface area contributed by atoms with Crippen molar-refractivity contribution in [1.29, 1.82) is 16.2 Å². The van der Waals surface area contributed by atoms with Crippen molar-refractivity contribution in [3.8, 4) is 5.75 Å². The summed E-state index contributed by atoms with van der Waals surface area (Å²) in [5.74, 6) is -24.7. The molecule has 4 saturated heterocycles. The number of rotatable bonds is 61. The Labute approximate surface area is 843 Å². The van der Waals surface area contributed by atoms with E-state index in [1.54, 1.807) is 0 Å². The van der Waals surface area contributed by atoms with Gasteiger partial charge in [-0.05, 0) is 121 Å². The number of carbonyl (C=O) groups excluding carboxylic acids is 19. The van der Waals surface area contributed by atoms with E-state index in [1.165, 1.54) is 24.3 Å². The Morgan fingerprint density at radius 3 is 1.12 bits per heavy atom. The van der Waals surface area contributed by atoms with Crippen LogP contribution in [0.4, 0.5) is 0 Å². The zero-order chi connectivity index (χ0) is 111. The Bertz CT molecular complexity index is 4970. The Kier molecular flexibility index (Phi) is 51.4. The van der Waals surface area contributed by atoms with E-state index in [-0.39, 0.29) is 154 Å². The Morgan fingerprint density at radius 1 is 0.392 bits per heavy atom. The summed E-state index contributed by atoms with van der Waals surface area (Å²) in [6.45, 7) is -9.85. The van der Waals surface area contributed by atoms with Crippen LogP contribution in [0.5, 0.6) is 5.75 Å². The molecule has 67 heteroatoms. The fraction of sp³-hybridized carbons (Fsp3) is 0.642. The molecule has 19 amide bonds. The third kappa shape index (κ3) is 41.5. The summed E-state index contributed by atoms with van der Waals surface area (Å²) < 4.78 is 33.6. The minimum absolute atomic E-state index is 0.0168. The number of carboxylic acids is 1. The number of aliphatic carboxylic acids is 1. The lowest BCUT2D eigenvalue weighted by molar-refractivity contribution is -0.150. The lowest BCUT2D eigenvalue weighted by atomic mass is 10.0. The number of aliphatic hydroxyl groups excluding tert-OH is 6. The third-order valence-electron chi connectivity index (χ3n) is 23.2. The molecule has 0 aromatic heterocycles. The highest BCUT2D eigenvalue weighted by Crippen LogP contribution is 2.39. The number of aliphatic hydroxyl groups is 6. The van der Waals surface area contributed by atoms with Crippen molar-refractivity contribution in [2.24, 2.45) is 22.9 Å². The standard InChI is InChI=1S/C81H133N29O36P2/c1-39(116)61(76(135)110-27-9-16-56(110)78(137)138)106-66(125)45(12-5-23-91-81(87)88)100-69(128)49(35-113)102-65(124)44(11-4-22-90-80(85)86)99-68(127)48(34-112)97-58(119)30-93-73(132)55-15-8-26-109(55)77(136)62(40(2)146-148(142,143)144)105-60(121)32-95-72(131)54-14-7-25-108(54)75(134)52(38-145-147(139,140)141)98-59(120)31-94-71(130)53-13-6-24-107(53)74(133)51(37-115)104-70(129)50(36-114)103-67(126)46(28-41-17-19-42(117)20-18-41)96-57(118)29-92-64(123)47(33-111)101-63(122)43(82)10-3-21-89-79(83)84/h17-20,39-40,43-56,61-62,111-117H,3-16,21-38,82H2,1-2H3,(H,92,123)(H,93,132)(H,94,130)(H,95,131)(H,96,118)(H,97,119)(H,98,120)(H,99,127)(H,100,128)(H,101,122)(H,102,124)(H,103,126)(H,104,129)(H,105,121)(H,106,125)(H,137,138)(H4,83,84,89)(H4,85,86,90)(H4,87,88,91)(H2,139,140,141)(H2,142,143,144)/t39-,40-,43+,44+,45+,46+,47+,48+,49+,50+,51+,52+,53+,54+,55+,56+,61+,62+/m1/s1. The van der Waals surface area contributed by atoms with Crippen LogP contribution in [0.25, 0.3) is 0 Å². The first kappa shape index (κ1) is 125. The molecular weight excluding hydrogens is 2020 g/mol. The summed E-state index contributed by atoms with van der Waals surface area (Å²) in [7, 11) is -11.0. The van der Waals surface area contributed by atoms with Gasteiger partial charge < -0.3 is 199 Å². The second-order valence-electron chi connectivity index (χ2n) is 34.4. The van der Waals surface area contributed by atoms with Crippen LogP contribution in [0.15, 0.2) is 24.3 Å². The van der Waals surface area contributed by atoms with Crippen LogP contribution < -0.4 is 119 Å². The number of amides is 19. The van der Waals surface area contributed by atoms with Crippen LogP contribution in [-0.4, -0.2) is 437 Å². The van der Waals surface area contributed by atoms with Crippen molar-refractivity contribution in [3.05, 3.63) is 29.8 Å². The molecule has 1 aromatic rings. The number of hydrogen-bond donors (Lipinski definition) is 37. The largest absolute Gasteiger partial charge is 0.508 e. The molecule has 0 bridgehead atoms. The lowest BCUT2D eigenvalue weighted by Gasteiger charge is -2.31. The van der Waals surface area contributed by atoms with Crippen molar-refractivity contribution in [1.82, 2.24) is 115 Å². The Morgan fingerprint density at radius 2 is 0.716 bits per heavy atom. The summed E-state index contributed by atoms with van der Waals surface area (Å²) in [5, 5.41) is 145. The molecule has 0 spiro atoms. The minimum Gasteiger partial charge on any atom is -0.508 e. The van der Waals surface area contributed by atoms with E-state index in [0.717, 1.165) is 33.4 Å². The number of likely N-dealkylation sites (tertiary alicyclic amines) is 4. The predicted molar refractivity (Wildman–Crippen MR) is 505 cm³/mol. The van der Waals surface area contributed by atoms with Crippen LogP contribution in [0, 0.1) is 16.2 Å². The Balaban J connectivity index is 1.19. The number of benzene rings is 1. The molecule has 65 nitrogen and oxygen atoms in total. The average Bonchev–Trinajstić information content (AvgIpc) is 1.64. The van der Waals surface area contributed by atoms with Gasteiger partial charge in [0.05, 0.1) is 84.1 Å². The molecule has 1 aromatic carbocycles. The zero-order valence-corrected chi connectivity index (χ0v) is 82.3. The third-order valence-corrected chi connectivity index (χ3v) is 24.3. The van der Waals surface area contributed by atoms with E-state index in [1.807, 2.05) is 0 Å². The number of phosphoric ester groups is 2. The van der Waals surface area contributed by atoms with Crippen molar-refractivity contribution in [2.45, 2.75) is 219 Å². The van der Waals surface area contributed by atoms with E-state index < -0.39 is 320 Å². The van der Waals surface area contributed by atoms with E-state index in [2.05, 4.69) is 100 Å². The van der Waals surface area contributed by atoms with Crippen molar-refractivity contribution < 1.29 is 174 Å². The molecule has 0 aliphatic carbocycles. The van der Waals surface area contributed by atoms with Crippen molar-refractivity contribution >= 4 is 152 Å². The topological polar surface area (TPSA) is 1040 Å². The normalized spacial score (nSPS) is 18.3. The molecule has 41 N–H and O–H groups in total. The summed E-state index contributed by atoms with van der Waals surface area (Å²) >= 11 is 0. The number of phenols is 1. The summed E-state index contributed by atoms with van der Waals surface area (Å²) in [6.07, 6.45) is -4.37. The smallest absolute Gasteiger partial charge is 0.469 e. The van der Waals surface area contributed by atoms with Gasteiger partial charge in [0, 0.05) is 52.2 Å². The minimum atomic E-state index is -5.55. The van der Waals surface area contributed by atoms with Crippen molar-refractivity contribution in [2.75, 3.05) is 112 Å². The van der Waals surface area contributed by atoms with Crippen LogP contribution in [0.2, 0.25) is 0 Å². The molecule has 4 aliphatic heterocycles. The molecule has 148 heavy (non-hydrogen) atoms. The summed E-state index contributed by atoms with van der Waals surface area (Å²) in [4.78, 5) is 316. The van der Waals surface area contributed by atoms with Gasteiger partial charge in [-0.25, -0.2) is 13.9 Å². The monoisotopic (exact) mass is 2150 g/mol. The van der Waals surface area contributed by atoms with E-state index in [4.69, 9.17) is 43.7 Å². The van der Waals surface area contributed by atoms with Crippen molar-refractivity contribution in [3.63, 3.8) is 0 Å². The second-order valence-corrected chi connectivity index (χ2v) is 36.8. The van der Waals surface area contributed by atoms with Gasteiger partial charge in [-0.1, -0.05) is 12.1 Å². The SMILES string of the molecule is C[C@@H](O)[C@H](NC(=O)[C@H](CCCNC(=N)N)NC(=O)[C@H](CO)NC(=O)[C@H](CCCNC(=N)N)NC(=O)[C@H](CO)NC(=O)CNC(=O)[C@@H]1CCCN1C(=O)[C@@H](NC(=O)CNC(=O)[C@@H]1CCCN1C(=O)[C@H](COP(=O)(O)O)NC(=O)CNC(=O)[C@@H]1CCCN1C(=O)[C@H](CO)NC(=O)[C@H](CO)NC(=O)[C@H](Cc1ccc(O)cc1)NC(=O)CNC(=O)[C@H](CO)NC(=O)[C@@H](N)CCCNC(=N)N)[C@@H](C)OP(=O)(O)O)C(=O)N1CCC[C@H]1C(=O)O. The highest BCUT2D eigenvalue weighted by atomic mass is 31.2. The summed E-state index contributed by atoms with van der Waals surface area (Å²) in [6, 6.07) is -22.2. The fourth-order valence-electron chi connectivity index (χ4n) is 15.7. The molecular formula is C81H133N29O36P2. The van der Waals surface area contributed by atoms with Gasteiger partial charge in [0.1, 0.15) is 96.4 Å².